The van der Waals surface area contributed by atoms with Gasteiger partial charge in [0.15, 0.2) is 0 Å². The fourth-order valence-electron chi connectivity index (χ4n) is 1.79. The fourth-order valence-corrected chi connectivity index (χ4v) is 2.23. The standard InChI is InChI=1S/C13H10BrClF2N2/c14-10-3-1-7(5-11(10)15)13(19-18)9-6-8(16)2-4-12(9)17/h1-6,13,19H,18H2. The van der Waals surface area contributed by atoms with Crippen LogP contribution < -0.4 is 11.3 Å². The zero-order valence-electron chi connectivity index (χ0n) is 9.63. The van der Waals surface area contributed by atoms with Gasteiger partial charge in [-0.15, -0.1) is 0 Å². The second-order valence-corrected chi connectivity index (χ2v) is 5.20. The lowest BCUT2D eigenvalue weighted by atomic mass is 9.99. The molecule has 0 heterocycles. The molecule has 0 aliphatic carbocycles. The Morgan fingerprint density at radius 2 is 1.89 bits per heavy atom. The van der Waals surface area contributed by atoms with Crippen LogP contribution in [0, 0.1) is 11.6 Å². The normalized spacial score (nSPS) is 12.5. The lowest BCUT2D eigenvalue weighted by Crippen LogP contribution is -2.29. The Kier molecular flexibility index (Phi) is 4.52. The maximum absolute atomic E-state index is 13.8. The van der Waals surface area contributed by atoms with Crippen molar-refractivity contribution in [3.63, 3.8) is 0 Å². The van der Waals surface area contributed by atoms with Crippen molar-refractivity contribution in [1.29, 1.82) is 0 Å². The van der Waals surface area contributed by atoms with Crippen LogP contribution in [0.2, 0.25) is 5.02 Å². The summed E-state index contributed by atoms with van der Waals surface area (Å²) in [7, 11) is 0. The first-order chi connectivity index (χ1) is 9.02. The Morgan fingerprint density at radius 1 is 1.16 bits per heavy atom. The molecule has 0 amide bonds. The monoisotopic (exact) mass is 346 g/mol. The van der Waals surface area contributed by atoms with Crippen LogP contribution in [0.1, 0.15) is 17.2 Å². The minimum absolute atomic E-state index is 0.126. The summed E-state index contributed by atoms with van der Waals surface area (Å²) in [5.41, 5.74) is 3.23. The second-order valence-electron chi connectivity index (χ2n) is 3.94. The van der Waals surface area contributed by atoms with Gasteiger partial charge in [-0.3, -0.25) is 5.84 Å². The molecule has 1 atom stereocenters. The van der Waals surface area contributed by atoms with Crippen LogP contribution in [0.5, 0.6) is 0 Å². The van der Waals surface area contributed by atoms with Crippen molar-refractivity contribution in [2.45, 2.75) is 6.04 Å². The van der Waals surface area contributed by atoms with Crippen LogP contribution in [0.3, 0.4) is 0 Å². The number of nitrogens with two attached hydrogens (primary N) is 1. The summed E-state index contributed by atoms with van der Waals surface area (Å²) in [5, 5.41) is 0.467. The number of hydrogen-bond donors (Lipinski definition) is 2. The molecule has 0 bridgehead atoms. The molecule has 0 spiro atoms. The topological polar surface area (TPSA) is 38.0 Å². The number of hydrogen-bond acceptors (Lipinski definition) is 2. The first kappa shape index (κ1) is 14.4. The molecule has 0 saturated carbocycles. The first-order valence-corrected chi connectivity index (χ1v) is 6.56. The molecular formula is C13H10BrClF2N2. The number of rotatable bonds is 3. The van der Waals surface area contributed by atoms with Gasteiger partial charge in [0.05, 0.1) is 11.1 Å². The molecular weight excluding hydrogens is 338 g/mol. The quantitative estimate of drug-likeness (QED) is 0.652. The molecule has 0 aromatic heterocycles. The smallest absolute Gasteiger partial charge is 0.128 e. The average molecular weight is 348 g/mol. The van der Waals surface area contributed by atoms with Gasteiger partial charge in [0.1, 0.15) is 11.6 Å². The molecule has 2 nitrogen and oxygen atoms in total. The first-order valence-electron chi connectivity index (χ1n) is 5.39. The summed E-state index contributed by atoms with van der Waals surface area (Å²) in [6.07, 6.45) is 0. The minimum Gasteiger partial charge on any atom is -0.271 e. The number of hydrazine groups is 1. The average Bonchev–Trinajstić information content (AvgIpc) is 2.38. The molecule has 100 valence electrons. The van der Waals surface area contributed by atoms with E-state index in [4.69, 9.17) is 17.4 Å². The molecule has 2 aromatic carbocycles. The Labute approximate surface area is 122 Å². The van der Waals surface area contributed by atoms with Crippen molar-refractivity contribution >= 4 is 27.5 Å². The molecule has 19 heavy (non-hydrogen) atoms. The van der Waals surface area contributed by atoms with E-state index in [0.717, 1.165) is 18.2 Å². The van der Waals surface area contributed by atoms with E-state index in [9.17, 15) is 8.78 Å². The van der Waals surface area contributed by atoms with Gasteiger partial charge in [-0.1, -0.05) is 17.7 Å². The van der Waals surface area contributed by atoms with Crippen molar-refractivity contribution in [2.75, 3.05) is 0 Å². The summed E-state index contributed by atoms with van der Waals surface area (Å²) in [4.78, 5) is 0. The summed E-state index contributed by atoms with van der Waals surface area (Å²) >= 11 is 9.26. The van der Waals surface area contributed by atoms with Crippen molar-refractivity contribution in [3.05, 3.63) is 68.7 Å². The number of halogens is 4. The van der Waals surface area contributed by atoms with E-state index in [0.29, 0.717) is 15.1 Å². The molecule has 2 aromatic rings. The fraction of sp³-hybridized carbons (Fsp3) is 0.0769. The molecule has 0 aliphatic rings. The SMILES string of the molecule is NNC(c1ccc(Br)c(Cl)c1)c1cc(F)ccc1F. The lowest BCUT2D eigenvalue weighted by molar-refractivity contribution is 0.545. The molecule has 6 heteroatoms. The zero-order valence-corrected chi connectivity index (χ0v) is 12.0. The Bertz CT molecular complexity index is 607. The molecule has 0 saturated heterocycles. The van der Waals surface area contributed by atoms with E-state index in [-0.39, 0.29) is 5.56 Å². The van der Waals surface area contributed by atoms with Crippen molar-refractivity contribution in [3.8, 4) is 0 Å². The molecule has 0 fully saturated rings. The van der Waals surface area contributed by atoms with E-state index in [1.807, 2.05) is 0 Å². The van der Waals surface area contributed by atoms with Gasteiger partial charge in [0.25, 0.3) is 0 Å². The molecule has 0 radical (unpaired) electrons. The highest BCUT2D eigenvalue weighted by molar-refractivity contribution is 9.10. The highest BCUT2D eigenvalue weighted by atomic mass is 79.9. The molecule has 0 aliphatic heterocycles. The maximum atomic E-state index is 13.8. The van der Waals surface area contributed by atoms with Gasteiger partial charge in [-0.05, 0) is 51.8 Å². The summed E-state index contributed by atoms with van der Waals surface area (Å²) in [6.45, 7) is 0. The van der Waals surface area contributed by atoms with Crippen molar-refractivity contribution < 1.29 is 8.78 Å². The van der Waals surface area contributed by atoms with Crippen LogP contribution in [0.25, 0.3) is 0 Å². The van der Waals surface area contributed by atoms with Crippen molar-refractivity contribution in [2.24, 2.45) is 5.84 Å². The Morgan fingerprint density at radius 3 is 2.53 bits per heavy atom. The van der Waals surface area contributed by atoms with Gasteiger partial charge in [-0.2, -0.15) is 0 Å². The lowest BCUT2D eigenvalue weighted by Gasteiger charge is -2.18. The largest absolute Gasteiger partial charge is 0.271 e. The van der Waals surface area contributed by atoms with E-state index in [2.05, 4.69) is 21.4 Å². The van der Waals surface area contributed by atoms with Crippen LogP contribution in [-0.4, -0.2) is 0 Å². The molecule has 1 unspecified atom stereocenters. The van der Waals surface area contributed by atoms with Crippen LogP contribution in [0.4, 0.5) is 8.78 Å². The van der Waals surface area contributed by atoms with Crippen molar-refractivity contribution in [1.82, 2.24) is 5.43 Å². The van der Waals surface area contributed by atoms with Crippen LogP contribution >= 0.6 is 27.5 Å². The highest BCUT2D eigenvalue weighted by Crippen LogP contribution is 2.30. The Balaban J connectivity index is 2.49. The maximum Gasteiger partial charge on any atom is 0.128 e. The van der Waals surface area contributed by atoms with Gasteiger partial charge >= 0.3 is 0 Å². The third-order valence-electron chi connectivity index (χ3n) is 2.71. The van der Waals surface area contributed by atoms with E-state index in [1.165, 1.54) is 0 Å². The number of nitrogens with one attached hydrogen (secondary N) is 1. The Hall–Kier alpha value is -1.01. The van der Waals surface area contributed by atoms with Gasteiger partial charge in [-0.25, -0.2) is 14.2 Å². The van der Waals surface area contributed by atoms with Gasteiger partial charge in [0, 0.05) is 10.0 Å². The predicted molar refractivity (Wildman–Crippen MR) is 74.7 cm³/mol. The second kappa shape index (κ2) is 5.96. The third-order valence-corrected chi connectivity index (χ3v) is 3.95. The predicted octanol–water partition coefficient (Wildman–Crippen LogP) is 3.93. The van der Waals surface area contributed by atoms with E-state index < -0.39 is 17.7 Å². The van der Waals surface area contributed by atoms with Crippen LogP contribution in [0.15, 0.2) is 40.9 Å². The third kappa shape index (κ3) is 3.12. The number of benzene rings is 2. The minimum atomic E-state index is -0.679. The van der Waals surface area contributed by atoms with Crippen LogP contribution in [-0.2, 0) is 0 Å². The summed E-state index contributed by atoms with van der Waals surface area (Å²) in [5.74, 6) is 4.38. The zero-order chi connectivity index (χ0) is 14.0. The van der Waals surface area contributed by atoms with E-state index >= 15 is 0 Å². The molecule has 3 N–H and O–H groups in total. The van der Waals surface area contributed by atoms with Gasteiger partial charge < -0.3 is 0 Å². The summed E-state index contributed by atoms with van der Waals surface area (Å²) in [6, 6.07) is 7.64. The van der Waals surface area contributed by atoms with E-state index in [1.54, 1.807) is 18.2 Å². The van der Waals surface area contributed by atoms with Gasteiger partial charge in [0.2, 0.25) is 0 Å². The molecule has 2 rings (SSSR count). The highest BCUT2D eigenvalue weighted by Gasteiger charge is 2.18. The summed E-state index contributed by atoms with van der Waals surface area (Å²) < 4.78 is 27.7.